The summed E-state index contributed by atoms with van der Waals surface area (Å²) in [5.41, 5.74) is 28.2. The van der Waals surface area contributed by atoms with E-state index in [0.717, 1.165) is 19.3 Å². The van der Waals surface area contributed by atoms with Gasteiger partial charge in [-0.05, 0) is 201 Å². The molecule has 3 unspecified atom stereocenters. The number of hydrogen-bond donors (Lipinski definition) is 0. The molecule has 3 aliphatic carbocycles. The third-order valence-corrected chi connectivity index (χ3v) is 22.4. The Hall–Kier alpha value is -5.58. The maximum atomic E-state index is 2.80. The Balaban J connectivity index is 1.12. The molecule has 0 amide bonds. The van der Waals surface area contributed by atoms with E-state index in [4.69, 9.17) is 0 Å². The van der Waals surface area contributed by atoms with Crippen molar-refractivity contribution in [2.75, 3.05) is 9.80 Å². The SMILES string of the molecule is Cc1cc2c3c(c1)N1c4cc5c(cc4C)C(C)(C)CCC5(C)c4cc(C)c(cc4C(C)(C)C)C4(C)CCCCC4(C)c4ccc(c1c4)B3c1cc3c(cc1N2c1ccc2c(c1)sc1ccccc12)C(C)(C)CC3(C)C. The van der Waals surface area contributed by atoms with Crippen LogP contribution in [0.15, 0.2) is 109 Å². The lowest BCUT2D eigenvalue weighted by Gasteiger charge is -2.53. The lowest BCUT2D eigenvalue weighted by atomic mass is 9.33. The number of aryl methyl sites for hydroxylation is 3. The van der Waals surface area contributed by atoms with Gasteiger partial charge in [-0.2, -0.15) is 0 Å². The predicted molar refractivity (Wildman–Crippen MR) is 325 cm³/mol. The highest BCUT2D eigenvalue weighted by atomic mass is 32.1. The fourth-order valence-corrected chi connectivity index (χ4v) is 18.3. The molecule has 8 aromatic rings. The first-order valence-corrected chi connectivity index (χ1v) is 29.5. The van der Waals surface area contributed by atoms with Crippen molar-refractivity contribution in [3.63, 3.8) is 0 Å². The summed E-state index contributed by atoms with van der Waals surface area (Å²) in [5, 5.41) is 2.69. The first-order chi connectivity index (χ1) is 35.3. The zero-order chi connectivity index (χ0) is 52.5. The fraction of sp³-hybridized carbons (Fsp3) is 0.408. The minimum absolute atomic E-state index is 0.0357. The highest BCUT2D eigenvalue weighted by Crippen LogP contribution is 2.60. The Morgan fingerprint density at radius 1 is 0.480 bits per heavy atom. The van der Waals surface area contributed by atoms with E-state index in [9.17, 15) is 0 Å². The molecule has 5 heterocycles. The van der Waals surface area contributed by atoms with E-state index >= 15 is 0 Å². The third kappa shape index (κ3) is 6.33. The number of rotatable bonds is 1. The van der Waals surface area contributed by atoms with Crippen LogP contribution < -0.4 is 26.2 Å². The fourth-order valence-electron chi connectivity index (χ4n) is 17.2. The molecule has 15 rings (SSSR count). The molecule has 0 N–H and O–H groups in total. The van der Waals surface area contributed by atoms with Gasteiger partial charge in [-0.15, -0.1) is 11.3 Å². The molecule has 7 aliphatic rings. The van der Waals surface area contributed by atoms with Crippen LogP contribution in [0, 0.1) is 20.8 Å². The van der Waals surface area contributed by atoms with Crippen LogP contribution in [0.5, 0.6) is 0 Å². The molecular formula is C71H77BN2S. The van der Waals surface area contributed by atoms with Gasteiger partial charge in [-0.1, -0.05) is 157 Å². The minimum Gasteiger partial charge on any atom is -0.311 e. The summed E-state index contributed by atoms with van der Waals surface area (Å²) in [6.07, 6.45) is 8.25. The van der Waals surface area contributed by atoms with E-state index in [1.54, 1.807) is 5.56 Å². The molecule has 1 saturated carbocycles. The summed E-state index contributed by atoms with van der Waals surface area (Å²) >= 11 is 1.93. The van der Waals surface area contributed by atoms with Crippen LogP contribution in [-0.4, -0.2) is 6.71 Å². The van der Waals surface area contributed by atoms with E-state index in [1.165, 1.54) is 152 Å². The Morgan fingerprint density at radius 2 is 1.12 bits per heavy atom. The van der Waals surface area contributed by atoms with Crippen molar-refractivity contribution in [2.45, 2.75) is 187 Å². The average molecular weight is 1000 g/mol. The number of benzene rings is 7. The smallest absolute Gasteiger partial charge is 0.252 e. The molecule has 7 aromatic carbocycles. The van der Waals surface area contributed by atoms with Crippen LogP contribution in [0.2, 0.25) is 0 Å². The minimum atomic E-state index is -0.183. The standard InChI is InChI=1S/C71H77BN2S/c1-41-30-60-64-61(31-41)74-57-39-54-50(33-43(57)3)66(7,8)28-29-69(54,13)53-32-42(2)48(36-49(53)65(4,5)6)71(15)27-19-18-26-70(71,14)44-22-25-55(58(74)34-44)72(64)56-37-51-52(68(11,12)40-67(51,9)10)38-59(56)73(60)45-23-24-47-46-20-16-17-21-62(46)75-63(47)35-45/h16-17,20-25,30-39H,18-19,26-29,40H2,1-15H3. The molecule has 0 spiro atoms. The molecule has 0 radical (unpaired) electrons. The zero-order valence-electron chi connectivity index (χ0n) is 47.7. The molecular weight excluding hydrogens is 924 g/mol. The van der Waals surface area contributed by atoms with Gasteiger partial charge in [0.05, 0.1) is 0 Å². The summed E-state index contributed by atoms with van der Waals surface area (Å²) in [7, 11) is 0. The first kappa shape index (κ1) is 47.8. The first-order valence-electron chi connectivity index (χ1n) is 28.7. The second kappa shape index (κ2) is 15.1. The summed E-state index contributed by atoms with van der Waals surface area (Å²) in [6.45, 7) is 37.7. The number of fused-ring (bicyclic) bond motifs is 9. The van der Waals surface area contributed by atoms with E-state index in [1.807, 2.05) is 11.3 Å². The van der Waals surface area contributed by atoms with Crippen LogP contribution in [0.1, 0.15) is 189 Å². The van der Waals surface area contributed by atoms with Crippen molar-refractivity contribution in [2.24, 2.45) is 0 Å². The summed E-state index contributed by atoms with van der Waals surface area (Å²) in [5.74, 6) is 0. The number of thiophene rings is 1. The molecule has 6 bridgehead atoms. The summed E-state index contributed by atoms with van der Waals surface area (Å²) in [6, 6.07) is 45.5. The molecule has 4 aliphatic heterocycles. The predicted octanol–water partition coefficient (Wildman–Crippen LogP) is 17.8. The second-order valence-corrected chi connectivity index (χ2v) is 29.6. The molecule has 4 heteroatoms. The molecule has 380 valence electrons. The van der Waals surface area contributed by atoms with Crippen molar-refractivity contribution >= 4 is 88.7 Å². The molecule has 1 aromatic heterocycles. The van der Waals surface area contributed by atoms with E-state index in [0.29, 0.717) is 0 Å². The Morgan fingerprint density at radius 3 is 1.87 bits per heavy atom. The third-order valence-electron chi connectivity index (χ3n) is 21.3. The van der Waals surface area contributed by atoms with Crippen LogP contribution in [-0.2, 0) is 37.9 Å². The largest absolute Gasteiger partial charge is 0.311 e. The van der Waals surface area contributed by atoms with Gasteiger partial charge in [0.2, 0.25) is 0 Å². The highest BCUT2D eigenvalue weighted by Gasteiger charge is 2.53. The van der Waals surface area contributed by atoms with Gasteiger partial charge in [-0.3, -0.25) is 0 Å². The quantitative estimate of drug-likeness (QED) is 0.151. The van der Waals surface area contributed by atoms with E-state index in [2.05, 4.69) is 223 Å². The Labute approximate surface area is 453 Å². The summed E-state index contributed by atoms with van der Waals surface area (Å²) < 4.78 is 2.69. The van der Waals surface area contributed by atoms with Gasteiger partial charge in [0, 0.05) is 70.5 Å². The number of nitrogens with zero attached hydrogens (tertiary/aromatic N) is 2. The molecule has 75 heavy (non-hydrogen) atoms. The average Bonchev–Trinajstić information content (AvgIpc) is 3.84. The van der Waals surface area contributed by atoms with Crippen molar-refractivity contribution in [1.82, 2.24) is 0 Å². The van der Waals surface area contributed by atoms with Crippen LogP contribution in [0.4, 0.5) is 34.1 Å². The molecule has 2 nitrogen and oxygen atoms in total. The van der Waals surface area contributed by atoms with E-state index < -0.39 is 0 Å². The normalized spacial score (nSPS) is 24.2. The van der Waals surface area contributed by atoms with Crippen molar-refractivity contribution in [3.05, 3.63) is 170 Å². The molecule has 1 fully saturated rings. The Kier molecular flexibility index (Phi) is 9.65. The monoisotopic (exact) mass is 1000 g/mol. The van der Waals surface area contributed by atoms with Gasteiger partial charge in [0.1, 0.15) is 0 Å². The van der Waals surface area contributed by atoms with Crippen LogP contribution in [0.25, 0.3) is 20.2 Å². The number of anilines is 6. The molecule has 0 saturated heterocycles. The lowest BCUT2D eigenvalue weighted by Crippen LogP contribution is -2.62. The topological polar surface area (TPSA) is 6.48 Å². The maximum Gasteiger partial charge on any atom is 0.252 e. The molecule has 3 atom stereocenters. The zero-order valence-corrected chi connectivity index (χ0v) is 48.5. The van der Waals surface area contributed by atoms with E-state index in [-0.39, 0.29) is 44.6 Å². The highest BCUT2D eigenvalue weighted by molar-refractivity contribution is 7.25. The van der Waals surface area contributed by atoms with Gasteiger partial charge >= 0.3 is 0 Å². The summed E-state index contributed by atoms with van der Waals surface area (Å²) in [4.78, 5) is 5.49. The van der Waals surface area contributed by atoms with Crippen molar-refractivity contribution < 1.29 is 0 Å². The van der Waals surface area contributed by atoms with Gasteiger partial charge < -0.3 is 9.80 Å². The van der Waals surface area contributed by atoms with Crippen molar-refractivity contribution in [1.29, 1.82) is 0 Å². The number of hydrogen-bond acceptors (Lipinski definition) is 3. The Bertz CT molecular complexity index is 3840. The lowest BCUT2D eigenvalue weighted by molar-refractivity contribution is 0.170. The van der Waals surface area contributed by atoms with Gasteiger partial charge in [-0.25, -0.2) is 0 Å². The van der Waals surface area contributed by atoms with Gasteiger partial charge in [0.15, 0.2) is 0 Å². The maximum absolute atomic E-state index is 2.80. The van der Waals surface area contributed by atoms with Crippen LogP contribution in [0.3, 0.4) is 0 Å². The van der Waals surface area contributed by atoms with Crippen molar-refractivity contribution in [3.8, 4) is 0 Å². The van der Waals surface area contributed by atoms with Crippen LogP contribution >= 0.6 is 11.3 Å². The van der Waals surface area contributed by atoms with Gasteiger partial charge in [0.25, 0.3) is 6.71 Å². The second-order valence-electron chi connectivity index (χ2n) is 28.5.